The first-order valence-electron chi connectivity index (χ1n) is 8.99. The molecule has 2 atom stereocenters. The highest BCUT2D eigenvalue weighted by Gasteiger charge is 2.24. The van der Waals surface area contributed by atoms with Gasteiger partial charge in [0.25, 0.3) is 0 Å². The molecule has 4 rings (SSSR count). The van der Waals surface area contributed by atoms with Crippen molar-refractivity contribution in [2.75, 3.05) is 11.9 Å². The molecule has 1 aliphatic rings. The lowest BCUT2D eigenvalue weighted by molar-refractivity contribution is -0.120. The first-order chi connectivity index (χ1) is 13.0. The quantitative estimate of drug-likeness (QED) is 0.608. The number of imidazole rings is 1. The number of carbonyl (C=O) groups excluding carboxylic acids is 1. The van der Waals surface area contributed by atoms with Crippen molar-refractivity contribution in [3.05, 3.63) is 48.0 Å². The number of fused-ring (bicyclic) bond motifs is 1. The van der Waals surface area contributed by atoms with Gasteiger partial charge in [0.1, 0.15) is 17.5 Å². The number of aromatic amines is 1. The summed E-state index contributed by atoms with van der Waals surface area (Å²) < 4.78 is 27.4. The van der Waals surface area contributed by atoms with Crippen molar-refractivity contribution in [3.8, 4) is 11.4 Å². The van der Waals surface area contributed by atoms with E-state index in [4.69, 9.17) is 0 Å². The molecule has 0 spiro atoms. The third kappa shape index (κ3) is 4.15. The highest BCUT2D eigenvalue weighted by Crippen LogP contribution is 2.26. The molecular formula is C20H21ClF2N4O. The maximum Gasteiger partial charge on any atom is 0.227 e. The predicted octanol–water partition coefficient (Wildman–Crippen LogP) is 4.26. The van der Waals surface area contributed by atoms with Gasteiger partial charge in [-0.15, -0.1) is 12.4 Å². The Morgan fingerprint density at radius 1 is 1.21 bits per heavy atom. The van der Waals surface area contributed by atoms with Gasteiger partial charge in [0.15, 0.2) is 0 Å². The molecule has 0 saturated carbocycles. The molecule has 3 N–H and O–H groups in total. The molecule has 1 amide bonds. The number of H-pyrrole nitrogens is 1. The van der Waals surface area contributed by atoms with Crippen LogP contribution in [0, 0.1) is 17.6 Å². The van der Waals surface area contributed by atoms with Gasteiger partial charge < -0.3 is 15.6 Å². The molecule has 2 aromatic carbocycles. The number of anilines is 1. The molecule has 1 aliphatic heterocycles. The van der Waals surface area contributed by atoms with Crippen LogP contribution in [0.15, 0.2) is 36.4 Å². The van der Waals surface area contributed by atoms with E-state index >= 15 is 0 Å². The molecule has 2 heterocycles. The summed E-state index contributed by atoms with van der Waals surface area (Å²) >= 11 is 0. The molecule has 0 radical (unpaired) electrons. The molecule has 8 heteroatoms. The Balaban J connectivity index is 0.00000225. The number of carbonyl (C=O) groups is 1. The van der Waals surface area contributed by atoms with Crippen LogP contribution in [0.1, 0.15) is 19.8 Å². The third-order valence-corrected chi connectivity index (χ3v) is 4.93. The van der Waals surface area contributed by atoms with Crippen molar-refractivity contribution in [1.29, 1.82) is 0 Å². The Morgan fingerprint density at radius 2 is 2.04 bits per heavy atom. The van der Waals surface area contributed by atoms with E-state index in [9.17, 15) is 13.6 Å². The van der Waals surface area contributed by atoms with Gasteiger partial charge in [-0.2, -0.15) is 0 Å². The van der Waals surface area contributed by atoms with Crippen molar-refractivity contribution in [2.24, 2.45) is 5.92 Å². The number of nitrogens with zero attached hydrogens (tertiary/aromatic N) is 1. The van der Waals surface area contributed by atoms with Crippen molar-refractivity contribution in [1.82, 2.24) is 15.3 Å². The zero-order valence-electron chi connectivity index (χ0n) is 15.3. The maximum atomic E-state index is 14.0. The molecule has 1 saturated heterocycles. The molecule has 1 fully saturated rings. The molecule has 148 valence electrons. The summed E-state index contributed by atoms with van der Waals surface area (Å²) in [5.74, 6) is -0.855. The fourth-order valence-corrected chi connectivity index (χ4v) is 3.51. The number of hydrogen-bond acceptors (Lipinski definition) is 3. The number of nitrogens with one attached hydrogen (secondary N) is 3. The molecule has 0 aliphatic carbocycles. The highest BCUT2D eigenvalue weighted by molar-refractivity contribution is 5.95. The van der Waals surface area contributed by atoms with Crippen LogP contribution >= 0.6 is 12.4 Å². The number of aromatic nitrogens is 2. The van der Waals surface area contributed by atoms with E-state index in [-0.39, 0.29) is 35.6 Å². The molecule has 5 nitrogen and oxygen atoms in total. The SMILES string of the molecule is C[C@H]1C[C@@H](C(=O)Nc2ccc3nc(-c4cc(F)ccc4F)[nH]c3c2)CCN1.Cl. The van der Waals surface area contributed by atoms with Crippen LogP contribution in [-0.4, -0.2) is 28.5 Å². The van der Waals surface area contributed by atoms with Crippen LogP contribution in [-0.2, 0) is 4.79 Å². The first-order valence-corrected chi connectivity index (χ1v) is 8.99. The van der Waals surface area contributed by atoms with Gasteiger partial charge in [0.2, 0.25) is 5.91 Å². The fraction of sp³-hybridized carbons (Fsp3) is 0.300. The van der Waals surface area contributed by atoms with Gasteiger partial charge in [0, 0.05) is 17.6 Å². The normalized spacial score (nSPS) is 19.2. The van der Waals surface area contributed by atoms with E-state index in [1.54, 1.807) is 18.2 Å². The maximum absolute atomic E-state index is 14.0. The molecule has 28 heavy (non-hydrogen) atoms. The van der Waals surface area contributed by atoms with Crippen LogP contribution in [0.2, 0.25) is 0 Å². The van der Waals surface area contributed by atoms with Crippen LogP contribution < -0.4 is 10.6 Å². The lowest BCUT2D eigenvalue weighted by atomic mass is 9.92. The Morgan fingerprint density at radius 3 is 2.82 bits per heavy atom. The molecule has 3 aromatic rings. The van der Waals surface area contributed by atoms with Crippen LogP contribution in [0.25, 0.3) is 22.4 Å². The summed E-state index contributed by atoms with van der Waals surface area (Å²) in [5, 5.41) is 6.28. The fourth-order valence-electron chi connectivity index (χ4n) is 3.51. The number of piperidine rings is 1. The second-order valence-electron chi connectivity index (χ2n) is 7.01. The van der Waals surface area contributed by atoms with Gasteiger partial charge in [0.05, 0.1) is 16.6 Å². The minimum Gasteiger partial charge on any atom is -0.338 e. The van der Waals surface area contributed by atoms with E-state index < -0.39 is 11.6 Å². The van der Waals surface area contributed by atoms with Gasteiger partial charge in [-0.1, -0.05) is 0 Å². The van der Waals surface area contributed by atoms with Crippen LogP contribution in [0.4, 0.5) is 14.5 Å². The lowest BCUT2D eigenvalue weighted by Crippen LogP contribution is -2.40. The molecular weight excluding hydrogens is 386 g/mol. The minimum absolute atomic E-state index is 0. The number of amides is 1. The average molecular weight is 407 g/mol. The summed E-state index contributed by atoms with van der Waals surface area (Å²) in [6.07, 6.45) is 1.62. The van der Waals surface area contributed by atoms with Gasteiger partial charge in [-0.25, -0.2) is 13.8 Å². The predicted molar refractivity (Wildman–Crippen MR) is 108 cm³/mol. The van der Waals surface area contributed by atoms with Crippen molar-refractivity contribution < 1.29 is 13.6 Å². The van der Waals surface area contributed by atoms with E-state index in [0.29, 0.717) is 22.8 Å². The van der Waals surface area contributed by atoms with Gasteiger partial charge >= 0.3 is 0 Å². The number of benzene rings is 2. The van der Waals surface area contributed by atoms with E-state index in [1.165, 1.54) is 0 Å². The van der Waals surface area contributed by atoms with E-state index in [1.807, 2.05) is 0 Å². The van der Waals surface area contributed by atoms with Crippen LogP contribution in [0.3, 0.4) is 0 Å². The van der Waals surface area contributed by atoms with Crippen LogP contribution in [0.5, 0.6) is 0 Å². The monoisotopic (exact) mass is 406 g/mol. The Labute approximate surface area is 167 Å². The number of rotatable bonds is 3. The van der Waals surface area contributed by atoms with Crippen molar-refractivity contribution in [2.45, 2.75) is 25.8 Å². The summed E-state index contributed by atoms with van der Waals surface area (Å²) in [7, 11) is 0. The summed E-state index contributed by atoms with van der Waals surface area (Å²) in [5.41, 5.74) is 1.97. The van der Waals surface area contributed by atoms with E-state index in [2.05, 4.69) is 27.5 Å². The minimum atomic E-state index is -0.552. The summed E-state index contributed by atoms with van der Waals surface area (Å²) in [6, 6.07) is 8.83. The topological polar surface area (TPSA) is 69.8 Å². The lowest BCUT2D eigenvalue weighted by Gasteiger charge is -2.27. The third-order valence-electron chi connectivity index (χ3n) is 4.93. The Hall–Kier alpha value is -2.51. The second kappa shape index (κ2) is 8.24. The van der Waals surface area contributed by atoms with Crippen molar-refractivity contribution in [3.63, 3.8) is 0 Å². The molecule has 1 aromatic heterocycles. The Kier molecular flexibility index (Phi) is 5.96. The van der Waals surface area contributed by atoms with E-state index in [0.717, 1.165) is 37.6 Å². The molecule has 0 bridgehead atoms. The summed E-state index contributed by atoms with van der Waals surface area (Å²) in [6.45, 7) is 2.91. The van der Waals surface area contributed by atoms with Crippen molar-refractivity contribution >= 4 is 35.0 Å². The van der Waals surface area contributed by atoms with Gasteiger partial charge in [-0.3, -0.25) is 4.79 Å². The number of halogens is 3. The zero-order chi connectivity index (χ0) is 19.0. The summed E-state index contributed by atoms with van der Waals surface area (Å²) in [4.78, 5) is 19.8. The first kappa shape index (κ1) is 20.2. The number of hydrogen-bond donors (Lipinski definition) is 3. The highest BCUT2D eigenvalue weighted by atomic mass is 35.5. The zero-order valence-corrected chi connectivity index (χ0v) is 16.1. The largest absolute Gasteiger partial charge is 0.338 e. The van der Waals surface area contributed by atoms with Gasteiger partial charge in [-0.05, 0) is 62.7 Å². The second-order valence-corrected chi connectivity index (χ2v) is 7.01. The average Bonchev–Trinajstić information content (AvgIpc) is 3.07. The Bertz CT molecular complexity index is 1010. The standard InChI is InChI=1S/C20H20F2N4O.ClH/c1-11-8-12(6-7-23-11)20(27)24-14-3-5-17-18(10-14)26-19(25-17)15-9-13(21)2-4-16(15)22;/h2-5,9-12,23H,6-8H2,1H3,(H,24,27)(H,25,26);1H/t11-,12-;/m0./s1. The molecule has 0 unspecified atom stereocenters. The smallest absolute Gasteiger partial charge is 0.227 e.